The molecule has 2 rings (SSSR count). The highest BCUT2D eigenvalue weighted by atomic mass is 35.5. The molecule has 1 fully saturated rings. The normalized spacial score (nSPS) is 15.9. The highest BCUT2D eigenvalue weighted by Crippen LogP contribution is 2.24. The zero-order chi connectivity index (χ0) is 16.7. The van der Waals surface area contributed by atoms with Crippen LogP contribution in [0.15, 0.2) is 30.3 Å². The molecule has 0 aromatic heterocycles. The van der Waals surface area contributed by atoms with Crippen molar-refractivity contribution < 1.29 is 9.59 Å². The van der Waals surface area contributed by atoms with E-state index in [0.29, 0.717) is 18.3 Å². The van der Waals surface area contributed by atoms with Crippen molar-refractivity contribution in [1.82, 2.24) is 10.2 Å². The molecule has 2 amide bonds. The largest absolute Gasteiger partial charge is 0.336 e. The smallest absolute Gasteiger partial charge is 0.243 e. The van der Waals surface area contributed by atoms with Gasteiger partial charge < -0.3 is 15.5 Å². The lowest BCUT2D eigenvalue weighted by atomic mass is 9.84. The molecule has 1 aliphatic rings. The standard InChI is InChI=1S/C18H27N3O2.ClH/c1-14(15-8-10-19-11-9-15)12-18(23)21(2)13-17(22)20-16-6-4-3-5-7-16;/h3-7,14-15,19H,8-13H2,1-2H3,(H,20,22);1H. The first-order chi connectivity index (χ1) is 11.1. The molecule has 1 atom stereocenters. The summed E-state index contributed by atoms with van der Waals surface area (Å²) in [6.45, 7) is 4.31. The molecule has 1 aromatic carbocycles. The number of carbonyl (C=O) groups is 2. The molecular weight excluding hydrogens is 326 g/mol. The van der Waals surface area contributed by atoms with Gasteiger partial charge in [-0.15, -0.1) is 12.4 Å². The van der Waals surface area contributed by atoms with E-state index in [2.05, 4.69) is 17.6 Å². The summed E-state index contributed by atoms with van der Waals surface area (Å²) in [7, 11) is 1.70. The Kier molecular flexibility index (Phi) is 8.79. The number of hydrogen-bond acceptors (Lipinski definition) is 3. The molecule has 1 aliphatic heterocycles. The monoisotopic (exact) mass is 353 g/mol. The Morgan fingerprint density at radius 2 is 1.88 bits per heavy atom. The first kappa shape index (κ1) is 20.5. The molecular formula is C18H28ClN3O2. The highest BCUT2D eigenvalue weighted by Gasteiger charge is 2.23. The van der Waals surface area contributed by atoms with Crippen molar-refractivity contribution in [3.63, 3.8) is 0 Å². The number of benzene rings is 1. The molecule has 0 saturated carbocycles. The Morgan fingerprint density at radius 1 is 1.25 bits per heavy atom. The molecule has 6 heteroatoms. The molecule has 0 bridgehead atoms. The van der Waals surface area contributed by atoms with E-state index in [0.717, 1.165) is 31.6 Å². The maximum atomic E-state index is 12.3. The number of piperidine rings is 1. The fraction of sp³-hybridized carbons (Fsp3) is 0.556. The first-order valence-electron chi connectivity index (χ1n) is 8.36. The van der Waals surface area contributed by atoms with Gasteiger partial charge in [-0.25, -0.2) is 0 Å². The molecule has 5 nitrogen and oxygen atoms in total. The second-order valence-electron chi connectivity index (χ2n) is 6.43. The van der Waals surface area contributed by atoms with Crippen LogP contribution in [0.25, 0.3) is 0 Å². The lowest BCUT2D eigenvalue weighted by Crippen LogP contribution is -2.37. The number of nitrogens with one attached hydrogen (secondary N) is 2. The maximum Gasteiger partial charge on any atom is 0.243 e. The van der Waals surface area contributed by atoms with Crippen molar-refractivity contribution in [2.75, 3.05) is 32.0 Å². The van der Waals surface area contributed by atoms with Gasteiger partial charge in [-0.3, -0.25) is 9.59 Å². The van der Waals surface area contributed by atoms with Crippen molar-refractivity contribution >= 4 is 29.9 Å². The van der Waals surface area contributed by atoms with Crippen molar-refractivity contribution in [3.8, 4) is 0 Å². The summed E-state index contributed by atoms with van der Waals surface area (Å²) >= 11 is 0. The van der Waals surface area contributed by atoms with Crippen LogP contribution in [0.3, 0.4) is 0 Å². The predicted molar refractivity (Wildman–Crippen MR) is 99.3 cm³/mol. The van der Waals surface area contributed by atoms with E-state index in [1.165, 1.54) is 4.90 Å². The Hall–Kier alpha value is -1.59. The number of rotatable bonds is 6. The number of hydrogen-bond donors (Lipinski definition) is 2. The van der Waals surface area contributed by atoms with Crippen LogP contribution in [0.4, 0.5) is 5.69 Å². The third-order valence-electron chi connectivity index (χ3n) is 4.55. The fourth-order valence-electron chi connectivity index (χ4n) is 3.04. The Labute approximate surface area is 150 Å². The summed E-state index contributed by atoms with van der Waals surface area (Å²) in [6, 6.07) is 9.29. The van der Waals surface area contributed by atoms with E-state index >= 15 is 0 Å². The van der Waals surface area contributed by atoms with Crippen molar-refractivity contribution in [1.29, 1.82) is 0 Å². The van der Waals surface area contributed by atoms with Crippen molar-refractivity contribution in [2.24, 2.45) is 11.8 Å². The van der Waals surface area contributed by atoms with Crippen LogP contribution in [0.2, 0.25) is 0 Å². The van der Waals surface area contributed by atoms with E-state index in [9.17, 15) is 9.59 Å². The zero-order valence-electron chi connectivity index (χ0n) is 14.5. The summed E-state index contributed by atoms with van der Waals surface area (Å²) in [5, 5.41) is 6.15. The number of halogens is 1. The van der Waals surface area contributed by atoms with Gasteiger partial charge in [0.05, 0.1) is 6.54 Å². The van der Waals surface area contributed by atoms with E-state index in [-0.39, 0.29) is 30.8 Å². The molecule has 2 N–H and O–H groups in total. The van der Waals surface area contributed by atoms with Gasteiger partial charge in [0.1, 0.15) is 0 Å². The molecule has 0 spiro atoms. The van der Waals surface area contributed by atoms with Crippen LogP contribution in [0, 0.1) is 11.8 Å². The number of para-hydroxylation sites is 1. The van der Waals surface area contributed by atoms with E-state index in [1.807, 2.05) is 30.3 Å². The molecule has 134 valence electrons. The summed E-state index contributed by atoms with van der Waals surface area (Å²) < 4.78 is 0. The third-order valence-corrected chi connectivity index (χ3v) is 4.55. The van der Waals surface area contributed by atoms with Gasteiger partial charge in [0.2, 0.25) is 11.8 Å². The molecule has 0 radical (unpaired) electrons. The van der Waals surface area contributed by atoms with Gasteiger partial charge in [-0.2, -0.15) is 0 Å². The van der Waals surface area contributed by atoms with Crippen LogP contribution in [0.5, 0.6) is 0 Å². The summed E-state index contributed by atoms with van der Waals surface area (Å²) in [5.74, 6) is 0.844. The fourth-order valence-corrected chi connectivity index (χ4v) is 3.04. The second kappa shape index (κ2) is 10.3. The van der Waals surface area contributed by atoms with E-state index in [4.69, 9.17) is 0 Å². The molecule has 24 heavy (non-hydrogen) atoms. The van der Waals surface area contributed by atoms with Crippen LogP contribution >= 0.6 is 12.4 Å². The van der Waals surface area contributed by atoms with Crippen LogP contribution in [-0.2, 0) is 9.59 Å². The highest BCUT2D eigenvalue weighted by molar-refractivity contribution is 5.94. The Morgan fingerprint density at radius 3 is 2.50 bits per heavy atom. The lowest BCUT2D eigenvalue weighted by Gasteiger charge is -2.29. The number of anilines is 1. The maximum absolute atomic E-state index is 12.3. The summed E-state index contributed by atoms with van der Waals surface area (Å²) in [6.07, 6.45) is 2.78. The SMILES string of the molecule is CC(CC(=O)N(C)CC(=O)Nc1ccccc1)C1CCNCC1.Cl. The second-order valence-corrected chi connectivity index (χ2v) is 6.43. The van der Waals surface area contributed by atoms with Gasteiger partial charge >= 0.3 is 0 Å². The van der Waals surface area contributed by atoms with Crippen LogP contribution < -0.4 is 10.6 Å². The first-order valence-corrected chi connectivity index (χ1v) is 8.36. The van der Waals surface area contributed by atoms with Crippen molar-refractivity contribution in [2.45, 2.75) is 26.2 Å². The minimum atomic E-state index is -0.165. The van der Waals surface area contributed by atoms with Gasteiger partial charge in [0.15, 0.2) is 0 Å². The molecule has 0 aliphatic carbocycles. The van der Waals surface area contributed by atoms with Gasteiger partial charge in [0, 0.05) is 19.2 Å². The number of amides is 2. The van der Waals surface area contributed by atoms with Gasteiger partial charge in [-0.1, -0.05) is 25.1 Å². The minimum absolute atomic E-state index is 0. The lowest BCUT2D eigenvalue weighted by molar-refractivity contribution is -0.134. The number of nitrogens with zero attached hydrogens (tertiary/aromatic N) is 1. The van der Waals surface area contributed by atoms with Gasteiger partial charge in [-0.05, 0) is 49.9 Å². The number of likely N-dealkylation sites (N-methyl/N-ethyl adjacent to an activating group) is 1. The Bertz CT molecular complexity index is 518. The average Bonchev–Trinajstić information content (AvgIpc) is 2.56. The summed E-state index contributed by atoms with van der Waals surface area (Å²) in [4.78, 5) is 25.8. The zero-order valence-corrected chi connectivity index (χ0v) is 15.3. The average molecular weight is 354 g/mol. The number of carbonyl (C=O) groups excluding carboxylic acids is 2. The molecule has 1 unspecified atom stereocenters. The molecule has 1 aromatic rings. The van der Waals surface area contributed by atoms with E-state index < -0.39 is 0 Å². The topological polar surface area (TPSA) is 61.4 Å². The third kappa shape index (κ3) is 6.49. The van der Waals surface area contributed by atoms with Crippen LogP contribution in [-0.4, -0.2) is 43.4 Å². The van der Waals surface area contributed by atoms with Crippen LogP contribution in [0.1, 0.15) is 26.2 Å². The van der Waals surface area contributed by atoms with Crippen molar-refractivity contribution in [3.05, 3.63) is 30.3 Å². The molecule has 1 saturated heterocycles. The van der Waals surface area contributed by atoms with Gasteiger partial charge in [0.25, 0.3) is 0 Å². The minimum Gasteiger partial charge on any atom is -0.336 e. The van der Waals surface area contributed by atoms with E-state index in [1.54, 1.807) is 7.05 Å². The summed E-state index contributed by atoms with van der Waals surface area (Å²) in [5.41, 5.74) is 0.751. The molecule has 1 heterocycles. The quantitative estimate of drug-likeness (QED) is 0.826. The Balaban J connectivity index is 0.00000288. The predicted octanol–water partition coefficient (Wildman–Crippen LogP) is 2.53.